The first-order valence-corrected chi connectivity index (χ1v) is 12.4. The van der Waals surface area contributed by atoms with Crippen molar-refractivity contribution in [2.24, 2.45) is 23.2 Å². The maximum absolute atomic E-state index is 12.6. The molecule has 2 saturated carbocycles. The number of amides is 2. The SMILES string of the molecule is CC(C)(CNC(=O)C1CC2CC(NC(=O)OCC3c4ccccc4-c4ccccc43)C2C1)C(=O)O. The molecule has 5 rings (SSSR count). The fourth-order valence-electron chi connectivity index (χ4n) is 5.93. The zero-order valence-electron chi connectivity index (χ0n) is 20.1. The van der Waals surface area contributed by atoms with Crippen LogP contribution in [0.2, 0.25) is 0 Å². The highest BCUT2D eigenvalue weighted by Crippen LogP contribution is 2.50. The molecule has 0 saturated heterocycles. The van der Waals surface area contributed by atoms with E-state index in [-0.39, 0.29) is 42.9 Å². The summed E-state index contributed by atoms with van der Waals surface area (Å²) in [5, 5.41) is 15.1. The van der Waals surface area contributed by atoms with Gasteiger partial charge in [-0.3, -0.25) is 9.59 Å². The lowest BCUT2D eigenvalue weighted by atomic mass is 9.71. The van der Waals surface area contributed by atoms with Crippen LogP contribution < -0.4 is 10.6 Å². The minimum Gasteiger partial charge on any atom is -0.481 e. The lowest BCUT2D eigenvalue weighted by molar-refractivity contribution is -0.146. The Morgan fingerprint density at radius 3 is 2.23 bits per heavy atom. The molecule has 35 heavy (non-hydrogen) atoms. The first-order chi connectivity index (χ1) is 16.7. The molecule has 0 heterocycles. The van der Waals surface area contributed by atoms with E-state index in [9.17, 15) is 19.5 Å². The summed E-state index contributed by atoms with van der Waals surface area (Å²) in [5.41, 5.74) is 3.75. The molecule has 7 heteroatoms. The Hall–Kier alpha value is -3.35. The van der Waals surface area contributed by atoms with E-state index >= 15 is 0 Å². The van der Waals surface area contributed by atoms with Crippen molar-refractivity contribution in [3.63, 3.8) is 0 Å². The van der Waals surface area contributed by atoms with E-state index in [1.807, 2.05) is 24.3 Å². The van der Waals surface area contributed by atoms with Gasteiger partial charge in [0.1, 0.15) is 6.61 Å². The fraction of sp³-hybridized carbons (Fsp3) is 0.464. The van der Waals surface area contributed by atoms with E-state index < -0.39 is 17.5 Å². The lowest BCUT2D eigenvalue weighted by Gasteiger charge is -2.40. The zero-order valence-corrected chi connectivity index (χ0v) is 20.1. The molecule has 0 aromatic heterocycles. The second kappa shape index (κ2) is 9.02. The molecule has 0 bridgehead atoms. The smallest absolute Gasteiger partial charge is 0.407 e. The summed E-state index contributed by atoms with van der Waals surface area (Å²) in [7, 11) is 0. The van der Waals surface area contributed by atoms with E-state index in [1.165, 1.54) is 22.3 Å². The zero-order chi connectivity index (χ0) is 24.7. The average molecular weight is 477 g/mol. The Balaban J connectivity index is 1.12. The number of carbonyl (C=O) groups excluding carboxylic acids is 2. The Bertz CT molecular complexity index is 1110. The number of rotatable bonds is 7. The number of nitrogens with one attached hydrogen (secondary N) is 2. The number of hydrogen-bond acceptors (Lipinski definition) is 4. The molecule has 184 valence electrons. The van der Waals surface area contributed by atoms with Gasteiger partial charge in [0, 0.05) is 24.4 Å². The highest BCUT2D eigenvalue weighted by atomic mass is 16.5. The molecule has 2 aromatic carbocycles. The third-order valence-electron chi connectivity index (χ3n) is 8.12. The van der Waals surface area contributed by atoms with E-state index in [0.717, 1.165) is 12.8 Å². The molecular weight excluding hydrogens is 444 g/mol. The van der Waals surface area contributed by atoms with Crippen LogP contribution >= 0.6 is 0 Å². The van der Waals surface area contributed by atoms with Gasteiger partial charge in [-0.1, -0.05) is 48.5 Å². The van der Waals surface area contributed by atoms with Crippen molar-refractivity contribution in [2.75, 3.05) is 13.2 Å². The third-order valence-corrected chi connectivity index (χ3v) is 8.12. The fourth-order valence-corrected chi connectivity index (χ4v) is 5.93. The van der Waals surface area contributed by atoms with Gasteiger partial charge in [0.15, 0.2) is 0 Å². The van der Waals surface area contributed by atoms with Crippen molar-refractivity contribution in [1.82, 2.24) is 10.6 Å². The molecule has 3 aliphatic carbocycles. The number of alkyl carbamates (subject to hydrolysis) is 1. The Kier molecular flexibility index (Phi) is 6.03. The van der Waals surface area contributed by atoms with Crippen molar-refractivity contribution in [1.29, 1.82) is 0 Å². The van der Waals surface area contributed by atoms with Gasteiger partial charge >= 0.3 is 12.1 Å². The molecular formula is C28H32N2O5. The number of benzene rings is 2. The van der Waals surface area contributed by atoms with E-state index in [4.69, 9.17) is 4.74 Å². The van der Waals surface area contributed by atoms with Crippen LogP contribution in [0.25, 0.3) is 11.1 Å². The number of ether oxygens (including phenoxy) is 1. The Morgan fingerprint density at radius 2 is 1.60 bits per heavy atom. The first kappa shape index (κ1) is 23.4. The molecule has 0 aliphatic heterocycles. The summed E-state index contributed by atoms with van der Waals surface area (Å²) in [6.07, 6.45) is 1.93. The van der Waals surface area contributed by atoms with Crippen LogP contribution in [0.3, 0.4) is 0 Å². The molecule has 4 atom stereocenters. The van der Waals surface area contributed by atoms with Gasteiger partial charge in [-0.25, -0.2) is 4.79 Å². The molecule has 7 nitrogen and oxygen atoms in total. The van der Waals surface area contributed by atoms with E-state index in [2.05, 4.69) is 34.9 Å². The summed E-state index contributed by atoms with van der Waals surface area (Å²) in [6, 6.07) is 16.5. The average Bonchev–Trinajstić information content (AvgIpc) is 3.35. The molecule has 2 aromatic rings. The van der Waals surface area contributed by atoms with Crippen LogP contribution in [0, 0.1) is 23.2 Å². The Morgan fingerprint density at radius 1 is 0.971 bits per heavy atom. The van der Waals surface area contributed by atoms with Crippen molar-refractivity contribution >= 4 is 18.0 Å². The maximum atomic E-state index is 12.6. The lowest BCUT2D eigenvalue weighted by Crippen LogP contribution is -2.50. The molecule has 4 unspecified atom stereocenters. The number of aliphatic carboxylic acids is 1. The van der Waals surface area contributed by atoms with Gasteiger partial charge in [-0.15, -0.1) is 0 Å². The summed E-state index contributed by atoms with van der Waals surface area (Å²) in [4.78, 5) is 36.5. The molecule has 2 amide bonds. The van der Waals surface area contributed by atoms with Crippen LogP contribution in [-0.4, -0.2) is 42.3 Å². The van der Waals surface area contributed by atoms with Gasteiger partial charge < -0.3 is 20.5 Å². The van der Waals surface area contributed by atoms with Crippen molar-refractivity contribution < 1.29 is 24.2 Å². The monoisotopic (exact) mass is 476 g/mol. The summed E-state index contributed by atoms with van der Waals surface area (Å²) in [6.45, 7) is 3.59. The maximum Gasteiger partial charge on any atom is 0.407 e. The van der Waals surface area contributed by atoms with Crippen LogP contribution in [0.5, 0.6) is 0 Å². The van der Waals surface area contributed by atoms with Gasteiger partial charge in [0.25, 0.3) is 0 Å². The molecule has 0 radical (unpaired) electrons. The largest absolute Gasteiger partial charge is 0.481 e. The number of carboxylic acids is 1. The van der Waals surface area contributed by atoms with Crippen molar-refractivity contribution in [2.45, 2.75) is 45.1 Å². The molecule has 2 fully saturated rings. The number of carboxylic acid groups (broad SMARTS) is 1. The number of carbonyl (C=O) groups is 3. The topological polar surface area (TPSA) is 105 Å². The normalized spacial score (nSPS) is 24.5. The van der Waals surface area contributed by atoms with E-state index in [0.29, 0.717) is 12.3 Å². The molecule has 0 spiro atoms. The Labute approximate surface area is 205 Å². The quantitative estimate of drug-likeness (QED) is 0.556. The van der Waals surface area contributed by atoms with E-state index in [1.54, 1.807) is 13.8 Å². The van der Waals surface area contributed by atoms with Gasteiger partial charge in [0.05, 0.1) is 5.41 Å². The third kappa shape index (κ3) is 4.40. The highest BCUT2D eigenvalue weighted by molar-refractivity contribution is 5.81. The number of hydrogen-bond donors (Lipinski definition) is 3. The predicted molar refractivity (Wildman–Crippen MR) is 131 cm³/mol. The van der Waals surface area contributed by atoms with Gasteiger partial charge in [-0.05, 0) is 67.2 Å². The number of fused-ring (bicyclic) bond motifs is 4. The standard InChI is InChI=1S/C28H32N2O5/c1-28(2,26(32)33)15-29-25(31)17-11-16-13-24(22(16)12-17)30-27(34)35-14-23-20-9-5-3-7-18(20)19-8-4-6-10-21(19)23/h3-10,16-17,22-24H,11-15H2,1-2H3,(H,29,31)(H,30,34)(H,32,33). The van der Waals surface area contributed by atoms with Crippen LogP contribution in [0.1, 0.15) is 50.2 Å². The van der Waals surface area contributed by atoms with Gasteiger partial charge in [0.2, 0.25) is 5.91 Å². The predicted octanol–water partition coefficient (Wildman–Crippen LogP) is 4.17. The summed E-state index contributed by atoms with van der Waals surface area (Å²) in [5.74, 6) is -0.457. The molecule has 3 aliphatic rings. The second-order valence-corrected chi connectivity index (χ2v) is 10.8. The minimum absolute atomic E-state index is 0.0175. The van der Waals surface area contributed by atoms with Crippen molar-refractivity contribution in [3.05, 3.63) is 59.7 Å². The van der Waals surface area contributed by atoms with Crippen LogP contribution in [-0.2, 0) is 14.3 Å². The first-order valence-electron chi connectivity index (χ1n) is 12.4. The van der Waals surface area contributed by atoms with Gasteiger partial charge in [-0.2, -0.15) is 0 Å². The minimum atomic E-state index is -0.999. The summed E-state index contributed by atoms with van der Waals surface area (Å²) < 4.78 is 5.68. The van der Waals surface area contributed by atoms with Crippen LogP contribution in [0.15, 0.2) is 48.5 Å². The van der Waals surface area contributed by atoms with Crippen molar-refractivity contribution in [3.8, 4) is 11.1 Å². The highest BCUT2D eigenvalue weighted by Gasteiger charge is 2.50. The summed E-state index contributed by atoms with van der Waals surface area (Å²) >= 11 is 0. The van der Waals surface area contributed by atoms with Crippen LogP contribution in [0.4, 0.5) is 4.79 Å². The molecule has 3 N–H and O–H groups in total. The second-order valence-electron chi connectivity index (χ2n) is 10.8.